The first-order chi connectivity index (χ1) is 12.1. The standard InChI is InChI=1S/C21H21NO3/c1-12-9-10-17(21(23)24)18-15-7-4-8-16(15)20(22-19(12)18)13-5-3-6-14(11-13)25-2/h3-7,9-11,15-16,20,22H,8H2,1-2H3,(H,23,24)/t15-,16+,20+/m1/s1. The van der Waals surface area contributed by atoms with Gasteiger partial charge in [-0.1, -0.05) is 30.4 Å². The van der Waals surface area contributed by atoms with E-state index in [1.807, 2.05) is 25.1 Å². The van der Waals surface area contributed by atoms with Crippen molar-refractivity contribution in [3.63, 3.8) is 0 Å². The first kappa shape index (κ1) is 15.8. The highest BCUT2D eigenvalue weighted by atomic mass is 16.5. The number of carboxylic acid groups (broad SMARTS) is 1. The number of hydrogen-bond donors (Lipinski definition) is 2. The molecule has 2 aromatic rings. The SMILES string of the molecule is COc1cccc([C@@H]2Nc3c(C)ccc(C(=O)O)c3[C@@H]3C=CC[C@@H]32)c1. The van der Waals surface area contributed by atoms with Gasteiger partial charge < -0.3 is 15.2 Å². The van der Waals surface area contributed by atoms with Crippen molar-refractivity contribution in [2.45, 2.75) is 25.3 Å². The summed E-state index contributed by atoms with van der Waals surface area (Å²) < 4.78 is 5.38. The lowest BCUT2D eigenvalue weighted by Gasteiger charge is -2.39. The summed E-state index contributed by atoms with van der Waals surface area (Å²) in [6.07, 6.45) is 5.28. The molecule has 1 aliphatic carbocycles. The summed E-state index contributed by atoms with van der Waals surface area (Å²) in [5, 5.41) is 13.3. The maximum absolute atomic E-state index is 11.7. The minimum Gasteiger partial charge on any atom is -0.497 e. The van der Waals surface area contributed by atoms with Crippen LogP contribution in [0.2, 0.25) is 0 Å². The summed E-state index contributed by atoms with van der Waals surface area (Å²) in [5.41, 5.74) is 4.53. The number of rotatable bonds is 3. The summed E-state index contributed by atoms with van der Waals surface area (Å²) in [4.78, 5) is 11.7. The van der Waals surface area contributed by atoms with Gasteiger partial charge in [-0.2, -0.15) is 0 Å². The van der Waals surface area contributed by atoms with Crippen molar-refractivity contribution < 1.29 is 14.6 Å². The lowest BCUT2D eigenvalue weighted by atomic mass is 9.74. The van der Waals surface area contributed by atoms with Crippen molar-refractivity contribution in [3.05, 3.63) is 70.8 Å². The third kappa shape index (κ3) is 2.49. The lowest BCUT2D eigenvalue weighted by Crippen LogP contribution is -2.31. The molecule has 4 nitrogen and oxygen atoms in total. The molecule has 0 spiro atoms. The Labute approximate surface area is 147 Å². The second kappa shape index (κ2) is 5.96. The molecule has 0 amide bonds. The summed E-state index contributed by atoms with van der Waals surface area (Å²) in [6, 6.07) is 11.9. The van der Waals surface area contributed by atoms with Gasteiger partial charge in [0.05, 0.1) is 18.7 Å². The molecule has 0 aromatic heterocycles. The molecule has 0 bridgehead atoms. The van der Waals surface area contributed by atoms with E-state index < -0.39 is 5.97 Å². The summed E-state index contributed by atoms with van der Waals surface area (Å²) >= 11 is 0. The van der Waals surface area contributed by atoms with Gasteiger partial charge in [-0.05, 0) is 54.2 Å². The van der Waals surface area contributed by atoms with Crippen molar-refractivity contribution in [2.24, 2.45) is 5.92 Å². The second-order valence-corrected chi connectivity index (χ2v) is 6.78. The number of benzene rings is 2. The van der Waals surface area contributed by atoms with E-state index in [0.29, 0.717) is 11.5 Å². The number of carboxylic acids is 1. The molecule has 1 heterocycles. The van der Waals surface area contributed by atoms with Crippen molar-refractivity contribution in [1.82, 2.24) is 0 Å². The molecule has 0 radical (unpaired) electrons. The largest absolute Gasteiger partial charge is 0.497 e. The number of anilines is 1. The number of fused-ring (bicyclic) bond motifs is 3. The molecule has 128 valence electrons. The van der Waals surface area contributed by atoms with Crippen LogP contribution in [0.4, 0.5) is 5.69 Å². The van der Waals surface area contributed by atoms with Gasteiger partial charge in [0.15, 0.2) is 0 Å². The van der Waals surface area contributed by atoms with E-state index in [1.54, 1.807) is 13.2 Å². The van der Waals surface area contributed by atoms with Crippen LogP contribution in [0.5, 0.6) is 5.75 Å². The molecule has 0 unspecified atom stereocenters. The topological polar surface area (TPSA) is 58.6 Å². The molecule has 2 aromatic carbocycles. The van der Waals surface area contributed by atoms with Crippen LogP contribution >= 0.6 is 0 Å². The molecule has 1 aliphatic heterocycles. The van der Waals surface area contributed by atoms with Gasteiger partial charge in [-0.15, -0.1) is 0 Å². The number of aromatic carboxylic acids is 1. The van der Waals surface area contributed by atoms with Gasteiger partial charge in [0, 0.05) is 11.6 Å². The molecule has 4 heteroatoms. The maximum atomic E-state index is 11.7. The number of methoxy groups -OCH3 is 1. The Morgan fingerprint density at radius 3 is 2.88 bits per heavy atom. The highest BCUT2D eigenvalue weighted by Gasteiger charge is 2.40. The van der Waals surface area contributed by atoms with Crippen molar-refractivity contribution in [2.75, 3.05) is 12.4 Å². The summed E-state index contributed by atoms with van der Waals surface area (Å²) in [6.45, 7) is 2.03. The van der Waals surface area contributed by atoms with Crippen LogP contribution in [0.3, 0.4) is 0 Å². The first-order valence-corrected chi connectivity index (χ1v) is 8.54. The Morgan fingerprint density at radius 1 is 1.28 bits per heavy atom. The molecule has 25 heavy (non-hydrogen) atoms. The van der Waals surface area contributed by atoms with Gasteiger partial charge in [0.25, 0.3) is 0 Å². The van der Waals surface area contributed by atoms with Crippen LogP contribution in [-0.2, 0) is 0 Å². The number of aryl methyl sites for hydroxylation is 1. The molecule has 3 atom stereocenters. The Bertz CT molecular complexity index is 871. The molecular formula is C21H21NO3. The van der Waals surface area contributed by atoms with E-state index in [4.69, 9.17) is 4.74 Å². The van der Waals surface area contributed by atoms with Crippen molar-refractivity contribution in [3.8, 4) is 5.75 Å². The van der Waals surface area contributed by atoms with E-state index >= 15 is 0 Å². The minimum absolute atomic E-state index is 0.124. The van der Waals surface area contributed by atoms with Crippen LogP contribution < -0.4 is 10.1 Å². The normalized spacial score (nSPS) is 23.5. The summed E-state index contributed by atoms with van der Waals surface area (Å²) in [7, 11) is 1.67. The van der Waals surface area contributed by atoms with E-state index in [0.717, 1.165) is 29.0 Å². The van der Waals surface area contributed by atoms with E-state index in [2.05, 4.69) is 29.6 Å². The van der Waals surface area contributed by atoms with E-state index in [9.17, 15) is 9.90 Å². The molecule has 2 N–H and O–H groups in total. The van der Waals surface area contributed by atoms with Crippen LogP contribution in [-0.4, -0.2) is 18.2 Å². The Hall–Kier alpha value is -2.75. The fraction of sp³-hybridized carbons (Fsp3) is 0.286. The van der Waals surface area contributed by atoms with E-state index in [1.165, 1.54) is 5.56 Å². The smallest absolute Gasteiger partial charge is 0.336 e. The molecule has 4 rings (SSSR count). The number of nitrogens with one attached hydrogen (secondary N) is 1. The van der Waals surface area contributed by atoms with Crippen molar-refractivity contribution >= 4 is 11.7 Å². The predicted octanol–water partition coefficient (Wildman–Crippen LogP) is 4.53. The average Bonchev–Trinajstić information content (AvgIpc) is 3.11. The van der Waals surface area contributed by atoms with Crippen LogP contribution in [0, 0.1) is 12.8 Å². The highest BCUT2D eigenvalue weighted by Crippen LogP contribution is 2.51. The number of allylic oxidation sites excluding steroid dienone is 2. The average molecular weight is 335 g/mol. The number of hydrogen-bond acceptors (Lipinski definition) is 3. The van der Waals surface area contributed by atoms with Gasteiger partial charge >= 0.3 is 5.97 Å². The molecule has 0 saturated carbocycles. The summed E-state index contributed by atoms with van der Waals surface area (Å²) in [5.74, 6) is 0.401. The van der Waals surface area contributed by atoms with Gasteiger partial charge in [0.1, 0.15) is 5.75 Å². The maximum Gasteiger partial charge on any atom is 0.336 e. The Balaban J connectivity index is 1.85. The molecule has 0 saturated heterocycles. The zero-order valence-electron chi connectivity index (χ0n) is 14.3. The van der Waals surface area contributed by atoms with Crippen LogP contribution in [0.1, 0.15) is 45.4 Å². The molecular weight excluding hydrogens is 314 g/mol. The van der Waals surface area contributed by atoms with Crippen LogP contribution in [0.15, 0.2) is 48.6 Å². The minimum atomic E-state index is -0.864. The Morgan fingerprint density at radius 2 is 2.12 bits per heavy atom. The second-order valence-electron chi connectivity index (χ2n) is 6.78. The van der Waals surface area contributed by atoms with Crippen molar-refractivity contribution in [1.29, 1.82) is 0 Å². The first-order valence-electron chi connectivity index (χ1n) is 8.54. The number of carbonyl (C=O) groups is 1. The van der Waals surface area contributed by atoms with E-state index in [-0.39, 0.29) is 12.0 Å². The highest BCUT2D eigenvalue weighted by molar-refractivity contribution is 5.93. The predicted molar refractivity (Wildman–Crippen MR) is 97.5 cm³/mol. The zero-order valence-corrected chi connectivity index (χ0v) is 14.3. The monoisotopic (exact) mass is 335 g/mol. The van der Waals surface area contributed by atoms with Crippen LogP contribution in [0.25, 0.3) is 0 Å². The fourth-order valence-electron chi connectivity index (χ4n) is 4.21. The molecule has 2 aliphatic rings. The zero-order chi connectivity index (χ0) is 17.6. The number of ether oxygens (including phenoxy) is 1. The van der Waals surface area contributed by atoms with Gasteiger partial charge in [0.2, 0.25) is 0 Å². The van der Waals surface area contributed by atoms with Gasteiger partial charge in [-0.25, -0.2) is 4.79 Å². The molecule has 0 fully saturated rings. The van der Waals surface area contributed by atoms with Gasteiger partial charge in [-0.3, -0.25) is 0 Å². The lowest BCUT2D eigenvalue weighted by molar-refractivity contribution is 0.0695. The third-order valence-electron chi connectivity index (χ3n) is 5.41. The Kier molecular flexibility index (Phi) is 3.75. The fourth-order valence-corrected chi connectivity index (χ4v) is 4.21. The third-order valence-corrected chi connectivity index (χ3v) is 5.41. The quantitative estimate of drug-likeness (QED) is 0.809.